The second-order valence-electron chi connectivity index (χ2n) is 5.43. The van der Waals surface area contributed by atoms with Gasteiger partial charge in [-0.15, -0.1) is 5.10 Å². The molecule has 108 valence electrons. The van der Waals surface area contributed by atoms with Crippen LogP contribution in [0.2, 0.25) is 0 Å². The molecule has 0 unspecified atom stereocenters. The van der Waals surface area contributed by atoms with Gasteiger partial charge in [-0.3, -0.25) is 0 Å². The van der Waals surface area contributed by atoms with Crippen molar-refractivity contribution >= 4 is 0 Å². The lowest BCUT2D eigenvalue weighted by Crippen LogP contribution is -2.04. The van der Waals surface area contributed by atoms with Crippen LogP contribution >= 0.6 is 0 Å². The Balaban J connectivity index is 1.78. The molecule has 4 nitrogen and oxygen atoms in total. The van der Waals surface area contributed by atoms with Crippen LogP contribution in [0.5, 0.6) is 0 Å². The first-order valence-corrected chi connectivity index (χ1v) is 7.28. The van der Waals surface area contributed by atoms with E-state index in [0.29, 0.717) is 19.1 Å². The van der Waals surface area contributed by atoms with E-state index < -0.39 is 0 Å². The predicted octanol–water partition coefficient (Wildman–Crippen LogP) is 2.66. The van der Waals surface area contributed by atoms with Crippen LogP contribution in [-0.2, 0) is 11.3 Å². The van der Waals surface area contributed by atoms with Crippen molar-refractivity contribution in [3.8, 4) is 23.1 Å². The molecule has 1 aliphatic carbocycles. The molecule has 1 fully saturated rings. The number of methoxy groups -OCH3 is 1. The summed E-state index contributed by atoms with van der Waals surface area (Å²) in [4.78, 5) is 0. The molecule has 0 bridgehead atoms. The first-order valence-electron chi connectivity index (χ1n) is 7.28. The van der Waals surface area contributed by atoms with Gasteiger partial charge in [0.15, 0.2) is 0 Å². The minimum absolute atomic E-state index is 0.630. The number of hydrogen-bond acceptors (Lipinski definition) is 3. The number of rotatable bonds is 4. The number of ether oxygens (including phenoxy) is 1. The zero-order valence-corrected chi connectivity index (χ0v) is 12.5. The summed E-state index contributed by atoms with van der Waals surface area (Å²) in [5.41, 5.74) is 4.26. The lowest BCUT2D eigenvalue weighted by molar-refractivity contribution is 0.183. The van der Waals surface area contributed by atoms with E-state index in [2.05, 4.69) is 47.3 Å². The second-order valence-corrected chi connectivity index (χ2v) is 5.43. The van der Waals surface area contributed by atoms with Gasteiger partial charge in [0.2, 0.25) is 0 Å². The highest BCUT2D eigenvalue weighted by Crippen LogP contribution is 2.28. The van der Waals surface area contributed by atoms with E-state index in [9.17, 15) is 0 Å². The summed E-state index contributed by atoms with van der Waals surface area (Å²) in [5.74, 6) is 7.17. The quantitative estimate of drug-likeness (QED) is 0.809. The van der Waals surface area contributed by atoms with Crippen molar-refractivity contribution in [3.05, 3.63) is 35.5 Å². The molecule has 0 atom stereocenters. The molecule has 21 heavy (non-hydrogen) atoms. The van der Waals surface area contributed by atoms with Gasteiger partial charge in [0.1, 0.15) is 5.69 Å². The van der Waals surface area contributed by atoms with Crippen molar-refractivity contribution in [3.63, 3.8) is 0 Å². The minimum Gasteiger partial charge on any atom is -0.383 e. The van der Waals surface area contributed by atoms with Gasteiger partial charge >= 0.3 is 0 Å². The van der Waals surface area contributed by atoms with E-state index in [1.807, 2.05) is 6.20 Å². The third-order valence-electron chi connectivity index (χ3n) is 3.56. The summed E-state index contributed by atoms with van der Waals surface area (Å²) >= 11 is 0. The Hall–Kier alpha value is -2.12. The van der Waals surface area contributed by atoms with Gasteiger partial charge < -0.3 is 4.74 Å². The Labute approximate surface area is 125 Å². The van der Waals surface area contributed by atoms with E-state index in [1.165, 1.54) is 18.4 Å². The Morgan fingerprint density at radius 3 is 2.95 bits per heavy atom. The van der Waals surface area contributed by atoms with Crippen molar-refractivity contribution in [2.24, 2.45) is 5.92 Å². The maximum absolute atomic E-state index is 5.05. The number of aryl methyl sites for hydroxylation is 1. The Kier molecular flexibility index (Phi) is 4.03. The van der Waals surface area contributed by atoms with Crippen molar-refractivity contribution in [1.82, 2.24) is 15.0 Å². The summed E-state index contributed by atoms with van der Waals surface area (Å²) in [6.45, 7) is 3.44. The van der Waals surface area contributed by atoms with Gasteiger partial charge in [-0.1, -0.05) is 23.1 Å². The Morgan fingerprint density at radius 1 is 1.38 bits per heavy atom. The standard InChI is InChI=1S/C17H19N3O/c1-13-11-15(6-5-14-3-4-14)7-8-16(13)17-12-20(19-18-17)9-10-21-2/h7-8,11-12,14H,3-4,9-10H2,1-2H3. The number of hydrogen-bond donors (Lipinski definition) is 0. The topological polar surface area (TPSA) is 39.9 Å². The molecule has 0 amide bonds. The number of benzene rings is 1. The van der Waals surface area contributed by atoms with Crippen LogP contribution < -0.4 is 0 Å². The summed E-state index contributed by atoms with van der Waals surface area (Å²) in [6.07, 6.45) is 4.47. The molecule has 0 radical (unpaired) electrons. The minimum atomic E-state index is 0.630. The Bertz CT molecular complexity index is 690. The third kappa shape index (κ3) is 3.50. The summed E-state index contributed by atoms with van der Waals surface area (Å²) in [5, 5.41) is 8.36. The molecule has 0 aliphatic heterocycles. The van der Waals surface area contributed by atoms with Crippen LogP contribution in [0.15, 0.2) is 24.4 Å². The second kappa shape index (κ2) is 6.11. The molecular weight excluding hydrogens is 262 g/mol. The normalized spacial score (nSPS) is 13.8. The summed E-state index contributed by atoms with van der Waals surface area (Å²) in [6, 6.07) is 6.27. The van der Waals surface area contributed by atoms with Crippen molar-refractivity contribution in [1.29, 1.82) is 0 Å². The van der Waals surface area contributed by atoms with Gasteiger partial charge in [-0.25, -0.2) is 4.68 Å². The molecule has 1 aromatic heterocycles. The third-order valence-corrected chi connectivity index (χ3v) is 3.56. The first-order chi connectivity index (χ1) is 10.3. The largest absolute Gasteiger partial charge is 0.383 e. The van der Waals surface area contributed by atoms with Crippen LogP contribution in [-0.4, -0.2) is 28.7 Å². The van der Waals surface area contributed by atoms with E-state index in [0.717, 1.165) is 16.8 Å². The van der Waals surface area contributed by atoms with Gasteiger partial charge in [0.25, 0.3) is 0 Å². The maximum Gasteiger partial charge on any atom is 0.113 e. The first kappa shape index (κ1) is 13.8. The lowest BCUT2D eigenvalue weighted by atomic mass is 10.0. The molecular formula is C17H19N3O. The monoisotopic (exact) mass is 281 g/mol. The van der Waals surface area contributed by atoms with E-state index in [1.54, 1.807) is 11.8 Å². The van der Waals surface area contributed by atoms with Gasteiger partial charge in [0, 0.05) is 24.2 Å². The van der Waals surface area contributed by atoms with Crippen molar-refractivity contribution in [2.45, 2.75) is 26.3 Å². The van der Waals surface area contributed by atoms with E-state index in [-0.39, 0.29) is 0 Å². The molecule has 1 heterocycles. The number of nitrogens with zero attached hydrogens (tertiary/aromatic N) is 3. The van der Waals surface area contributed by atoms with E-state index in [4.69, 9.17) is 4.74 Å². The van der Waals surface area contributed by atoms with Crippen molar-refractivity contribution in [2.75, 3.05) is 13.7 Å². The van der Waals surface area contributed by atoms with Crippen LogP contribution in [0, 0.1) is 24.7 Å². The lowest BCUT2D eigenvalue weighted by Gasteiger charge is -2.02. The zero-order valence-electron chi connectivity index (χ0n) is 12.5. The molecule has 1 aliphatic rings. The van der Waals surface area contributed by atoms with Crippen LogP contribution in [0.3, 0.4) is 0 Å². The Morgan fingerprint density at radius 2 is 2.24 bits per heavy atom. The predicted molar refractivity (Wildman–Crippen MR) is 81.7 cm³/mol. The highest BCUT2D eigenvalue weighted by Gasteiger charge is 2.17. The molecule has 4 heteroatoms. The highest BCUT2D eigenvalue weighted by atomic mass is 16.5. The molecule has 1 aromatic carbocycles. The van der Waals surface area contributed by atoms with Crippen LogP contribution in [0.25, 0.3) is 11.3 Å². The van der Waals surface area contributed by atoms with E-state index >= 15 is 0 Å². The molecule has 0 N–H and O–H groups in total. The zero-order chi connectivity index (χ0) is 14.7. The maximum atomic E-state index is 5.05. The average molecular weight is 281 g/mol. The fraction of sp³-hybridized carbons (Fsp3) is 0.412. The summed E-state index contributed by atoms with van der Waals surface area (Å²) < 4.78 is 6.85. The molecule has 0 saturated heterocycles. The molecule has 1 saturated carbocycles. The van der Waals surface area contributed by atoms with Crippen molar-refractivity contribution < 1.29 is 4.74 Å². The number of aromatic nitrogens is 3. The smallest absolute Gasteiger partial charge is 0.113 e. The highest BCUT2D eigenvalue weighted by molar-refractivity contribution is 5.64. The SMILES string of the molecule is COCCn1cc(-c2ccc(C#CC3CC3)cc2C)nn1. The van der Waals surface area contributed by atoms with Gasteiger partial charge in [-0.2, -0.15) is 0 Å². The fourth-order valence-electron chi connectivity index (χ4n) is 2.16. The van der Waals surface area contributed by atoms with Crippen LogP contribution in [0.1, 0.15) is 24.0 Å². The molecule has 2 aromatic rings. The van der Waals surface area contributed by atoms with Crippen LogP contribution in [0.4, 0.5) is 0 Å². The van der Waals surface area contributed by atoms with Gasteiger partial charge in [-0.05, 0) is 37.5 Å². The molecule has 3 rings (SSSR count). The molecule has 0 spiro atoms. The summed E-state index contributed by atoms with van der Waals surface area (Å²) in [7, 11) is 1.68. The van der Waals surface area contributed by atoms with Gasteiger partial charge in [0.05, 0.1) is 19.3 Å². The average Bonchev–Trinajstić information content (AvgIpc) is 3.20. The fourth-order valence-corrected chi connectivity index (χ4v) is 2.16.